The monoisotopic (exact) mass is 694 g/mol. The van der Waals surface area contributed by atoms with Crippen molar-refractivity contribution in [3.05, 3.63) is 119 Å². The van der Waals surface area contributed by atoms with E-state index in [9.17, 15) is 19.8 Å². The minimum Gasteiger partial charge on any atom is -0.563 e. The van der Waals surface area contributed by atoms with Crippen LogP contribution in [0.4, 0.5) is 34.1 Å². The number of aryl methyl sites for hydroxylation is 1. The molecule has 0 saturated heterocycles. The number of fused-ring (bicyclic) bond motifs is 4. The molecule has 0 radical (unpaired) electrons. The van der Waals surface area contributed by atoms with Crippen molar-refractivity contribution in [2.75, 3.05) is 11.5 Å². The van der Waals surface area contributed by atoms with Gasteiger partial charge in [-0.05, 0) is 72.5 Å². The maximum atomic E-state index is 13.5. The number of phenolic OH excluding ortho intramolecular Hbond substituents is 2. The Morgan fingerprint density at radius 3 is 1.70 bits per heavy atom. The normalized spacial score (nSPS) is 12.0. The van der Waals surface area contributed by atoms with E-state index in [-0.39, 0.29) is 86.3 Å². The molecule has 0 spiro atoms. The van der Waals surface area contributed by atoms with Crippen LogP contribution in [0.5, 0.6) is 11.5 Å². The zero-order valence-electron chi connectivity index (χ0n) is 26.4. The molecule has 50 heavy (non-hydrogen) atoms. The first-order valence-corrected chi connectivity index (χ1v) is 15.3. The van der Waals surface area contributed by atoms with Gasteiger partial charge in [-0.3, -0.25) is 9.59 Å². The summed E-state index contributed by atoms with van der Waals surface area (Å²) in [4.78, 5) is 27.0. The zero-order chi connectivity index (χ0) is 35.0. The van der Waals surface area contributed by atoms with Gasteiger partial charge < -0.3 is 21.7 Å². The van der Waals surface area contributed by atoms with E-state index < -0.39 is 10.6 Å². The Kier molecular flexibility index (Phi) is 10.2. The summed E-state index contributed by atoms with van der Waals surface area (Å²) < 4.78 is 25.3. The third-order valence-corrected chi connectivity index (χ3v) is 7.81. The van der Waals surface area contributed by atoms with Crippen LogP contribution >= 0.6 is 0 Å². The van der Waals surface area contributed by atoms with Gasteiger partial charge in [-0.25, -0.2) is 0 Å². The van der Waals surface area contributed by atoms with Gasteiger partial charge in [0.1, 0.15) is 5.69 Å². The molecule has 0 saturated carbocycles. The molecular formula is C35H23N6NaO7S. The quantitative estimate of drug-likeness (QED) is 0.0891. The molecular weight excluding hydrogens is 671 g/mol. The summed E-state index contributed by atoms with van der Waals surface area (Å²) in [5.74, 6) is -0.952. The predicted molar refractivity (Wildman–Crippen MR) is 181 cm³/mol. The van der Waals surface area contributed by atoms with Crippen LogP contribution in [-0.2, 0) is 10.6 Å². The molecule has 6 N–H and O–H groups in total. The van der Waals surface area contributed by atoms with Crippen molar-refractivity contribution in [1.82, 2.24) is 0 Å². The van der Waals surface area contributed by atoms with Gasteiger partial charge in [0.15, 0.2) is 17.3 Å². The van der Waals surface area contributed by atoms with Crippen LogP contribution in [0.2, 0.25) is 0 Å². The summed E-state index contributed by atoms with van der Waals surface area (Å²) in [5, 5.41) is 40.8. The maximum Gasteiger partial charge on any atom is 1.00 e. The first kappa shape index (κ1) is 35.5. The summed E-state index contributed by atoms with van der Waals surface area (Å²) in [6.07, 6.45) is 0. The van der Waals surface area contributed by atoms with Gasteiger partial charge in [0.05, 0.1) is 11.4 Å². The van der Waals surface area contributed by atoms with E-state index in [4.69, 9.17) is 24.1 Å². The minimum absolute atomic E-state index is 0. The van der Waals surface area contributed by atoms with Crippen molar-refractivity contribution in [3.8, 4) is 11.5 Å². The number of hydrogen-bond acceptors (Lipinski definition) is 13. The average molecular weight is 695 g/mol. The average Bonchev–Trinajstić information content (AvgIpc) is 3.06. The summed E-state index contributed by atoms with van der Waals surface area (Å²) >= 11 is 0. The van der Waals surface area contributed by atoms with Crippen molar-refractivity contribution in [2.45, 2.75) is 6.92 Å². The number of ketones is 2. The van der Waals surface area contributed by atoms with Crippen molar-refractivity contribution in [1.29, 1.82) is 0 Å². The Hall–Kier alpha value is -5.80. The predicted octanol–water partition coefficient (Wildman–Crippen LogP) is 4.28. The van der Waals surface area contributed by atoms with Crippen molar-refractivity contribution < 1.29 is 62.0 Å². The molecule has 0 amide bonds. The topological polar surface area (TPSA) is 227 Å². The molecule has 13 nitrogen and oxygen atoms in total. The molecule has 6 aromatic rings. The molecule has 0 heterocycles. The number of benzene rings is 6. The van der Waals surface area contributed by atoms with Crippen molar-refractivity contribution >= 4 is 77.8 Å². The van der Waals surface area contributed by atoms with Crippen molar-refractivity contribution in [3.63, 3.8) is 0 Å². The third-order valence-electron chi connectivity index (χ3n) is 7.81. The number of nitrogens with zero attached hydrogens (tertiary/aromatic N) is 4. The molecule has 6 aromatic carbocycles. The Bertz CT molecular complexity index is 2570. The summed E-state index contributed by atoms with van der Waals surface area (Å²) in [5.41, 5.74) is 15.4. The van der Waals surface area contributed by atoms with Crippen LogP contribution in [0.1, 0.15) is 37.4 Å². The van der Waals surface area contributed by atoms with Gasteiger partial charge in [0, 0.05) is 50.5 Å². The van der Waals surface area contributed by atoms with Crippen LogP contribution in [0, 0.1) is 13.0 Å². The number of nitrogen functional groups attached to an aromatic ring is 2. The second-order valence-electron chi connectivity index (χ2n) is 10.9. The van der Waals surface area contributed by atoms with Gasteiger partial charge in [-0.1, -0.05) is 23.6 Å². The minimum atomic E-state index is -3.11. The number of nitrogens with two attached hydrogens (primary N) is 2. The summed E-state index contributed by atoms with van der Waals surface area (Å²) in [6.45, 7) is 1.80. The van der Waals surface area contributed by atoms with Crippen molar-refractivity contribution in [2.24, 2.45) is 20.5 Å². The number of hydrogen-bond donors (Lipinski definition) is 4. The Labute approximate surface area is 307 Å². The first-order chi connectivity index (χ1) is 23.4. The van der Waals surface area contributed by atoms with E-state index in [1.807, 2.05) is 12.1 Å². The van der Waals surface area contributed by atoms with E-state index >= 15 is 0 Å². The van der Waals surface area contributed by atoms with Crippen LogP contribution in [-0.4, -0.2) is 34.4 Å². The number of carbonyl (C=O) groups excluding carboxylic acids is 2. The number of rotatable bonds is 4. The molecule has 1 aliphatic rings. The molecule has 0 aromatic heterocycles. The fourth-order valence-corrected chi connectivity index (χ4v) is 5.57. The fraction of sp³-hybridized carbons (Fsp3) is 0.0286. The molecule has 0 unspecified atom stereocenters. The first-order valence-electron chi connectivity index (χ1n) is 14.3. The number of anilines is 2. The molecule has 0 fully saturated rings. The molecule has 0 aliphatic heterocycles. The molecule has 15 heteroatoms. The molecule has 7 rings (SSSR count). The fourth-order valence-electron chi connectivity index (χ4n) is 5.57. The largest absolute Gasteiger partial charge is 1.00 e. The summed E-state index contributed by atoms with van der Waals surface area (Å²) in [7, 11) is -3.11. The smallest absolute Gasteiger partial charge is 0.563 e. The van der Waals surface area contributed by atoms with E-state index in [2.05, 4.69) is 26.5 Å². The molecule has 242 valence electrons. The molecule has 1 aliphatic carbocycles. The SMILES string of the molecule is Cc1cc2cccc(N)c2c(O)c1N=Nc1ccc2c(c1)C(=O)c1ccc(N=Nc3[c-]cc4cccc(N)c4c3O)cc1C2=O.O=S(=O)=O.[Na+]. The zero-order valence-corrected chi connectivity index (χ0v) is 29.2. The van der Waals surface area contributed by atoms with Gasteiger partial charge in [0.25, 0.3) is 0 Å². The number of aromatic hydroxyl groups is 2. The van der Waals surface area contributed by atoms with E-state index in [0.29, 0.717) is 44.5 Å². The Morgan fingerprint density at radius 1 is 0.640 bits per heavy atom. The number of phenols is 2. The molecule has 0 atom stereocenters. The Morgan fingerprint density at radius 2 is 1.14 bits per heavy atom. The second-order valence-corrected chi connectivity index (χ2v) is 11.3. The van der Waals surface area contributed by atoms with Crippen LogP contribution < -0.4 is 41.0 Å². The van der Waals surface area contributed by atoms with Crippen LogP contribution in [0.15, 0.2) is 105 Å². The number of azo groups is 2. The number of carbonyl (C=O) groups is 2. The van der Waals surface area contributed by atoms with Gasteiger partial charge in [0.2, 0.25) is 0 Å². The van der Waals surface area contributed by atoms with Gasteiger partial charge in [-0.15, -0.1) is 29.2 Å². The van der Waals surface area contributed by atoms with E-state index in [1.54, 1.807) is 55.5 Å². The van der Waals surface area contributed by atoms with Crippen LogP contribution in [0.25, 0.3) is 21.5 Å². The van der Waals surface area contributed by atoms with Gasteiger partial charge in [-0.2, -0.15) is 27.5 Å². The van der Waals surface area contributed by atoms with Gasteiger partial charge >= 0.3 is 40.2 Å². The molecule has 0 bridgehead atoms. The van der Waals surface area contributed by atoms with Crippen LogP contribution in [0.3, 0.4) is 0 Å². The standard InChI is InChI=1S/C35H23N6O4.Na.O3S/c1-17-14-19-5-3-7-27(37)30(19)35(45)31(17)41-39-21-10-12-23-25(16-21)33(43)22-11-9-20(15-24(22)32(23)42)38-40-28-13-8-18-4-2-6-26(36)29(18)34(28)44;;1-4(2)3/h2-12,14-16,44-45H,36-37H2,1H3;;/q-1;+1;. The van der Waals surface area contributed by atoms with E-state index in [0.717, 1.165) is 5.39 Å². The summed E-state index contributed by atoms with van der Waals surface area (Å²) in [6, 6.07) is 26.2. The second kappa shape index (κ2) is 14.4. The Balaban J connectivity index is 0.000000924. The maximum absolute atomic E-state index is 13.5. The van der Waals surface area contributed by atoms with E-state index in [1.165, 1.54) is 24.3 Å². The third kappa shape index (κ3) is 6.73.